The van der Waals surface area contributed by atoms with Crippen LogP contribution in [0.15, 0.2) is 15.3 Å². The molecule has 1 saturated heterocycles. The van der Waals surface area contributed by atoms with Crippen LogP contribution in [0.25, 0.3) is 11.0 Å². The molecule has 2 aliphatic rings. The van der Waals surface area contributed by atoms with Gasteiger partial charge in [0.05, 0.1) is 5.56 Å². The zero-order valence-corrected chi connectivity index (χ0v) is 14.7. The predicted octanol–water partition coefficient (Wildman–Crippen LogP) is 1.81. The van der Waals surface area contributed by atoms with Gasteiger partial charge in [-0.1, -0.05) is 0 Å². The molecule has 2 aromatic rings. The number of aryl methyl sites for hydroxylation is 2. The largest absolute Gasteiger partial charge is 0.422 e. The van der Waals surface area contributed by atoms with Crippen LogP contribution < -0.4 is 15.8 Å². The Morgan fingerprint density at radius 2 is 1.88 bits per heavy atom. The summed E-state index contributed by atoms with van der Waals surface area (Å²) in [7, 11) is 2.16. The van der Waals surface area contributed by atoms with Crippen LogP contribution in [0.1, 0.15) is 22.3 Å². The van der Waals surface area contributed by atoms with Gasteiger partial charge in [0.2, 0.25) is 0 Å². The number of benzene rings is 1. The fraction of sp³-hybridized carbons (Fsp3) is 0.526. The van der Waals surface area contributed by atoms with Gasteiger partial charge in [-0.05, 0) is 51.1 Å². The van der Waals surface area contributed by atoms with Crippen LogP contribution in [0.2, 0.25) is 0 Å². The first-order chi connectivity index (χ1) is 11.6. The van der Waals surface area contributed by atoms with Gasteiger partial charge in [-0.25, -0.2) is 4.79 Å². The molecule has 2 aliphatic heterocycles. The second-order valence-electron chi connectivity index (χ2n) is 7.11. The Labute approximate surface area is 142 Å². The Hall–Kier alpha value is -1.85. The van der Waals surface area contributed by atoms with Crippen LogP contribution in [-0.4, -0.2) is 44.7 Å². The summed E-state index contributed by atoms with van der Waals surface area (Å²) in [6.45, 7) is 9.93. The lowest BCUT2D eigenvalue weighted by atomic mass is 9.93. The molecule has 0 aliphatic carbocycles. The fourth-order valence-corrected chi connectivity index (χ4v) is 4.06. The van der Waals surface area contributed by atoms with Gasteiger partial charge in [0, 0.05) is 49.4 Å². The van der Waals surface area contributed by atoms with Gasteiger partial charge in [0.1, 0.15) is 5.58 Å². The quantitative estimate of drug-likeness (QED) is 0.810. The average Bonchev–Trinajstić information content (AvgIpc) is 2.59. The van der Waals surface area contributed by atoms with Crippen molar-refractivity contribution >= 4 is 16.7 Å². The summed E-state index contributed by atoms with van der Waals surface area (Å²) in [6.07, 6.45) is 0.894. The fourth-order valence-electron chi connectivity index (χ4n) is 4.06. The molecule has 1 aromatic carbocycles. The highest BCUT2D eigenvalue weighted by molar-refractivity contribution is 5.91. The SMILES string of the molecule is Cc1c(N2CCN(C)CC2)cc(C)c2c3c(c(=O)oc12)CNCC3. The molecular formula is C19H25N3O2. The highest BCUT2D eigenvalue weighted by Crippen LogP contribution is 2.34. The molecule has 128 valence electrons. The molecule has 5 heteroatoms. The van der Waals surface area contributed by atoms with E-state index in [2.05, 4.69) is 42.1 Å². The third-order valence-electron chi connectivity index (χ3n) is 5.50. The second kappa shape index (κ2) is 5.90. The molecule has 0 amide bonds. The highest BCUT2D eigenvalue weighted by Gasteiger charge is 2.23. The van der Waals surface area contributed by atoms with Crippen molar-refractivity contribution in [3.05, 3.63) is 38.7 Å². The van der Waals surface area contributed by atoms with E-state index in [0.29, 0.717) is 6.54 Å². The van der Waals surface area contributed by atoms with Crippen molar-refractivity contribution in [1.29, 1.82) is 0 Å². The third-order valence-corrected chi connectivity index (χ3v) is 5.50. The number of likely N-dealkylation sites (N-methyl/N-ethyl adjacent to an activating group) is 1. The number of fused-ring (bicyclic) bond motifs is 3. The number of hydrogen-bond acceptors (Lipinski definition) is 5. The van der Waals surface area contributed by atoms with Gasteiger partial charge < -0.3 is 19.5 Å². The van der Waals surface area contributed by atoms with E-state index in [-0.39, 0.29) is 5.63 Å². The topological polar surface area (TPSA) is 48.7 Å². The van der Waals surface area contributed by atoms with Crippen molar-refractivity contribution < 1.29 is 4.42 Å². The monoisotopic (exact) mass is 327 g/mol. The summed E-state index contributed by atoms with van der Waals surface area (Å²) in [5.41, 5.74) is 6.13. The normalized spacial score (nSPS) is 18.9. The zero-order chi connectivity index (χ0) is 16.8. The average molecular weight is 327 g/mol. The van der Waals surface area contributed by atoms with Crippen molar-refractivity contribution in [1.82, 2.24) is 10.2 Å². The van der Waals surface area contributed by atoms with Crippen LogP contribution in [0, 0.1) is 13.8 Å². The summed E-state index contributed by atoms with van der Waals surface area (Å²) in [5, 5.41) is 4.43. The lowest BCUT2D eigenvalue weighted by molar-refractivity contribution is 0.312. The van der Waals surface area contributed by atoms with Crippen LogP contribution in [0.5, 0.6) is 0 Å². The number of anilines is 1. The Bertz CT molecular complexity index is 848. The van der Waals surface area contributed by atoms with E-state index in [1.165, 1.54) is 16.8 Å². The summed E-state index contributed by atoms with van der Waals surface area (Å²) in [6, 6.07) is 2.28. The highest BCUT2D eigenvalue weighted by atomic mass is 16.4. The lowest BCUT2D eigenvalue weighted by Gasteiger charge is -2.35. The molecule has 4 rings (SSSR count). The third kappa shape index (κ3) is 2.43. The number of nitrogens with one attached hydrogen (secondary N) is 1. The van der Waals surface area contributed by atoms with Gasteiger partial charge in [0.15, 0.2) is 0 Å². The molecule has 0 unspecified atom stereocenters. The van der Waals surface area contributed by atoms with E-state index in [4.69, 9.17) is 4.42 Å². The first kappa shape index (κ1) is 15.7. The molecule has 1 N–H and O–H groups in total. The summed E-state index contributed by atoms with van der Waals surface area (Å²) in [4.78, 5) is 17.2. The standard InChI is InChI=1S/C19H25N3O2/c1-12-10-16(22-8-6-21(3)7-9-22)13(2)18-17(12)14-4-5-20-11-15(14)19(23)24-18/h10,20H,4-9,11H2,1-3H3. The maximum Gasteiger partial charge on any atom is 0.341 e. The molecule has 1 aromatic heterocycles. The maximum atomic E-state index is 12.4. The Balaban J connectivity index is 1.90. The summed E-state index contributed by atoms with van der Waals surface area (Å²) in [5.74, 6) is 0. The van der Waals surface area contributed by atoms with Gasteiger partial charge in [0.25, 0.3) is 0 Å². The van der Waals surface area contributed by atoms with Crippen LogP contribution >= 0.6 is 0 Å². The van der Waals surface area contributed by atoms with Gasteiger partial charge in [-0.3, -0.25) is 0 Å². The van der Waals surface area contributed by atoms with Gasteiger partial charge in [-0.2, -0.15) is 0 Å². The molecule has 5 nitrogen and oxygen atoms in total. The van der Waals surface area contributed by atoms with Gasteiger partial charge >= 0.3 is 5.63 Å². The van der Waals surface area contributed by atoms with Crippen molar-refractivity contribution in [3.8, 4) is 0 Å². The Kier molecular flexibility index (Phi) is 3.85. The van der Waals surface area contributed by atoms with Crippen molar-refractivity contribution in [2.45, 2.75) is 26.8 Å². The van der Waals surface area contributed by atoms with Crippen LogP contribution in [-0.2, 0) is 13.0 Å². The summed E-state index contributed by atoms with van der Waals surface area (Å²) < 4.78 is 5.79. The number of nitrogens with zero attached hydrogens (tertiary/aromatic N) is 2. The van der Waals surface area contributed by atoms with E-state index in [9.17, 15) is 4.79 Å². The molecule has 0 atom stereocenters. The minimum atomic E-state index is -0.178. The maximum absolute atomic E-state index is 12.4. The van der Waals surface area contributed by atoms with Crippen molar-refractivity contribution in [2.75, 3.05) is 44.7 Å². The predicted molar refractivity (Wildman–Crippen MR) is 97.1 cm³/mol. The lowest BCUT2D eigenvalue weighted by Crippen LogP contribution is -2.44. The minimum absolute atomic E-state index is 0.178. The van der Waals surface area contributed by atoms with E-state index in [1.807, 2.05) is 0 Å². The van der Waals surface area contributed by atoms with E-state index in [0.717, 1.165) is 61.2 Å². The van der Waals surface area contributed by atoms with Crippen molar-refractivity contribution in [3.63, 3.8) is 0 Å². The summed E-state index contributed by atoms with van der Waals surface area (Å²) >= 11 is 0. The van der Waals surface area contributed by atoms with Crippen molar-refractivity contribution in [2.24, 2.45) is 0 Å². The van der Waals surface area contributed by atoms with E-state index < -0.39 is 0 Å². The zero-order valence-electron chi connectivity index (χ0n) is 14.7. The van der Waals surface area contributed by atoms with Gasteiger partial charge in [-0.15, -0.1) is 0 Å². The first-order valence-corrected chi connectivity index (χ1v) is 8.79. The van der Waals surface area contributed by atoms with Crippen LogP contribution in [0.3, 0.4) is 0 Å². The number of hydrogen-bond donors (Lipinski definition) is 1. The molecular weight excluding hydrogens is 302 g/mol. The molecule has 24 heavy (non-hydrogen) atoms. The first-order valence-electron chi connectivity index (χ1n) is 8.79. The van der Waals surface area contributed by atoms with E-state index >= 15 is 0 Å². The Morgan fingerprint density at radius 3 is 2.62 bits per heavy atom. The molecule has 0 spiro atoms. The molecule has 0 saturated carbocycles. The molecule has 0 bridgehead atoms. The number of rotatable bonds is 1. The molecule has 1 fully saturated rings. The minimum Gasteiger partial charge on any atom is -0.422 e. The van der Waals surface area contributed by atoms with E-state index in [1.54, 1.807) is 0 Å². The smallest absolute Gasteiger partial charge is 0.341 e. The van der Waals surface area contributed by atoms with Crippen LogP contribution in [0.4, 0.5) is 5.69 Å². The number of piperazine rings is 1. The molecule has 0 radical (unpaired) electrons. The Morgan fingerprint density at radius 1 is 1.12 bits per heavy atom. The second-order valence-corrected chi connectivity index (χ2v) is 7.11. The molecule has 3 heterocycles.